The third-order valence-electron chi connectivity index (χ3n) is 10.3. The van der Waals surface area contributed by atoms with E-state index in [4.69, 9.17) is 56.2 Å². The molecular weight excluding hydrogens is 1030 g/mol. The van der Waals surface area contributed by atoms with Gasteiger partial charge in [0.25, 0.3) is 11.8 Å². The number of aliphatic hydroxyl groups is 2. The van der Waals surface area contributed by atoms with E-state index in [1.165, 1.54) is 50.3 Å². The van der Waals surface area contributed by atoms with Crippen LogP contribution in [0.4, 0.5) is 24.3 Å². The molecule has 2 atom stereocenters. The van der Waals surface area contributed by atoms with Crippen LogP contribution < -0.4 is 77.8 Å². The summed E-state index contributed by atoms with van der Waals surface area (Å²) in [5.74, 6) is 8.22. The van der Waals surface area contributed by atoms with E-state index in [9.17, 15) is 42.3 Å². The van der Waals surface area contributed by atoms with Gasteiger partial charge in [-0.05, 0) is 36.7 Å². The smallest absolute Gasteiger partial charge is 0.474 e. The van der Waals surface area contributed by atoms with Gasteiger partial charge in [0, 0.05) is 78.0 Å². The Kier molecular flexibility index (Phi) is 25.0. The van der Waals surface area contributed by atoms with Gasteiger partial charge in [-0.25, -0.2) is 19.6 Å². The molecule has 0 saturated carbocycles. The number of halogens is 4. The first-order valence-electron chi connectivity index (χ1n) is 22.1. The molecule has 2 aromatic heterocycles. The molecule has 27 heteroatoms. The second-order valence-electron chi connectivity index (χ2n) is 15.7. The van der Waals surface area contributed by atoms with Crippen molar-refractivity contribution in [3.63, 3.8) is 0 Å². The Morgan fingerprint density at radius 1 is 0.716 bits per heavy atom. The molecule has 4 heterocycles. The monoisotopic (exact) mass is 1080 g/mol. The summed E-state index contributed by atoms with van der Waals surface area (Å²) in [7, 11) is 7.70. The molecule has 0 unspecified atom stereocenters. The number of hydrogen-bond donors (Lipinski definition) is 4. The van der Waals surface area contributed by atoms with Crippen molar-refractivity contribution in [1.82, 2.24) is 29.7 Å². The summed E-state index contributed by atoms with van der Waals surface area (Å²) in [4.78, 5) is 66.9. The van der Waals surface area contributed by atoms with Crippen LogP contribution in [-0.2, 0) is 33.3 Å². The van der Waals surface area contributed by atoms with Crippen molar-refractivity contribution in [2.45, 2.75) is 31.0 Å². The Hall–Kier alpha value is -5.62. The Balaban J connectivity index is 0.000000306. The van der Waals surface area contributed by atoms with E-state index in [2.05, 4.69) is 43.6 Å². The number of esters is 2. The summed E-state index contributed by atoms with van der Waals surface area (Å²) < 4.78 is 73.2. The Bertz CT molecular complexity index is 2750. The Morgan fingerprint density at radius 3 is 1.68 bits per heavy atom. The number of rotatable bonds is 16. The number of carbonyl (C=O) groups excluding carboxylic acids is 4. The number of hydrogen-bond acceptors (Lipinski definition) is 19. The van der Waals surface area contributed by atoms with Crippen molar-refractivity contribution in [2.24, 2.45) is 0 Å². The summed E-state index contributed by atoms with van der Waals surface area (Å²) in [5, 5.41) is 20.4. The number of amides is 2. The number of anilines is 2. The molecule has 74 heavy (non-hydrogen) atoms. The van der Waals surface area contributed by atoms with Crippen LogP contribution in [-0.4, -0.2) is 177 Å². The van der Waals surface area contributed by atoms with Crippen LogP contribution in [0.25, 0.3) is 11.4 Å². The van der Waals surface area contributed by atoms with E-state index in [1.54, 1.807) is 38.2 Å². The summed E-state index contributed by atoms with van der Waals surface area (Å²) in [6.45, 7) is -1.08. The largest absolute Gasteiger partial charge is 1.00 e. The van der Waals surface area contributed by atoms with Gasteiger partial charge in [-0.2, -0.15) is 9.97 Å². The average Bonchev–Trinajstić information content (AvgIpc) is 3.78. The molecule has 0 radical (unpaired) electrons. The van der Waals surface area contributed by atoms with Crippen LogP contribution >= 0.6 is 11.6 Å². The van der Waals surface area contributed by atoms with Gasteiger partial charge in [-0.15, -0.1) is 5.46 Å². The molecule has 2 aromatic carbocycles. The molecule has 6 N–H and O–H groups in total. The van der Waals surface area contributed by atoms with Crippen molar-refractivity contribution < 1.29 is 127 Å². The molecule has 2 fully saturated rings. The van der Waals surface area contributed by atoms with Gasteiger partial charge in [0.1, 0.15) is 31.2 Å². The predicted molar refractivity (Wildman–Crippen MR) is 260 cm³/mol. The number of carbonyl (C=O) groups is 4. The third-order valence-corrected chi connectivity index (χ3v) is 10.4. The van der Waals surface area contributed by atoms with Crippen LogP contribution in [0.15, 0.2) is 48.5 Å². The number of likely N-dealkylation sites (tertiary alicyclic amines) is 2. The fourth-order valence-corrected chi connectivity index (χ4v) is 6.47. The maximum atomic E-state index is 12.6. The summed E-state index contributed by atoms with van der Waals surface area (Å²) in [5.41, 5.74) is 8.42. The first-order chi connectivity index (χ1) is 34.6. The second kappa shape index (κ2) is 29.5. The van der Waals surface area contributed by atoms with Crippen LogP contribution in [0.3, 0.4) is 0 Å². The van der Waals surface area contributed by atoms with Gasteiger partial charge >= 0.3 is 70.3 Å². The first kappa shape index (κ1) is 62.7. The molecule has 2 aliphatic rings. The van der Waals surface area contributed by atoms with Crippen molar-refractivity contribution in [1.29, 1.82) is 0 Å². The van der Waals surface area contributed by atoms with Crippen molar-refractivity contribution in [3.8, 4) is 46.8 Å². The minimum Gasteiger partial charge on any atom is -0.474 e. The van der Waals surface area contributed by atoms with E-state index in [1.807, 2.05) is 0 Å². The number of ether oxygens (including phenoxy) is 7. The van der Waals surface area contributed by atoms with Crippen molar-refractivity contribution in [2.75, 3.05) is 106 Å². The normalized spacial score (nSPS) is 16.7. The quantitative estimate of drug-likeness (QED) is 0.0348. The zero-order chi connectivity index (χ0) is 53.9. The standard InChI is InChI=1S/C23H26N4O6.C13H12BF3NO2.C11H16ClN3O5.K/c1-4-32-21(28)18-17(24)20(33-13-12-31-3)26-19(25-18)16-7-5-6-15(14-16)8-9-23(30)10-11-27(2)22(23)29;1-18-8-7-13(20,12(18)19)6-5-10-3-2-4-11(9-10)14(15,16)17;1-17-3-5-19-9-7(13)8(14-11(12)15-9)10(16)20-6-4-18-2;/h5-7,14,30H,4,10-13,24H2,1-3H3;2-4,9,20H,7-8H2,1H3;3-6,13H2,1-2H3;/q;-1;;+1/t23-;13-;;/m00../s1. The topological polar surface area (TPSA) is 283 Å². The van der Waals surface area contributed by atoms with Crippen LogP contribution in [0.5, 0.6) is 11.8 Å². The zero-order valence-corrected chi connectivity index (χ0v) is 45.6. The van der Waals surface area contributed by atoms with Gasteiger partial charge < -0.3 is 77.6 Å². The van der Waals surface area contributed by atoms with Crippen molar-refractivity contribution in [3.05, 3.63) is 76.3 Å². The van der Waals surface area contributed by atoms with E-state index < -0.39 is 47.4 Å². The second-order valence-corrected chi connectivity index (χ2v) is 16.0. The number of benzene rings is 2. The molecule has 21 nitrogen and oxygen atoms in total. The maximum absolute atomic E-state index is 12.6. The number of nitrogens with two attached hydrogens (primary N) is 2. The van der Waals surface area contributed by atoms with Gasteiger partial charge in [0.2, 0.25) is 28.2 Å². The van der Waals surface area contributed by atoms with Gasteiger partial charge in [-0.1, -0.05) is 54.0 Å². The van der Waals surface area contributed by atoms with E-state index in [-0.39, 0.29) is 148 Å². The SMILES string of the molecule is CCOC(=O)c1nc(-c2cccc(C#C[C@]3(O)CCN(C)C3=O)c2)nc(OCCOC)c1N.CN1CC[C@@](O)(C#Cc2cccc([B-](F)(F)F)c2)C1=O.COCCOC(=O)c1nc(Cl)nc(OCCOC)c1N.[K+]. The zero-order valence-electron chi connectivity index (χ0n) is 41.7. The molecule has 0 aliphatic carbocycles. The number of nitrogen functional groups attached to an aromatic ring is 2. The molecule has 2 saturated heterocycles. The molecule has 6 rings (SSSR count). The molecule has 0 bridgehead atoms. The number of likely N-dealkylation sites (N-methyl/N-ethyl adjacent to an activating group) is 2. The minimum absolute atomic E-state index is 0. The average molecular weight is 1080 g/mol. The number of methoxy groups -OCH3 is 3. The Labute approximate surface area is 472 Å². The van der Waals surface area contributed by atoms with E-state index in [0.717, 1.165) is 12.1 Å². The number of nitrogens with zero attached hydrogens (tertiary/aromatic N) is 6. The first-order valence-corrected chi connectivity index (χ1v) is 22.5. The van der Waals surface area contributed by atoms with Crippen LogP contribution in [0.1, 0.15) is 51.9 Å². The fraction of sp³-hybridized carbons (Fsp3) is 0.404. The fourth-order valence-electron chi connectivity index (χ4n) is 6.31. The van der Waals surface area contributed by atoms with E-state index >= 15 is 0 Å². The van der Waals surface area contributed by atoms with Gasteiger partial charge in [-0.3, -0.25) is 9.59 Å². The molecule has 4 aromatic rings. The summed E-state index contributed by atoms with van der Waals surface area (Å²) in [6.07, 6.45) is 0.388. The van der Waals surface area contributed by atoms with Gasteiger partial charge in [0.05, 0.1) is 26.4 Å². The molecular formula is C47H54BClF3KN8O13. The van der Waals surface area contributed by atoms with E-state index in [0.29, 0.717) is 37.4 Å². The minimum atomic E-state index is -5.09. The van der Waals surface area contributed by atoms with Gasteiger partial charge in [0.15, 0.2) is 17.2 Å². The maximum Gasteiger partial charge on any atom is 1.00 e. The molecule has 0 spiro atoms. The molecule has 392 valence electrons. The molecule has 2 amide bonds. The van der Waals surface area contributed by atoms with Crippen LogP contribution in [0, 0.1) is 23.7 Å². The third kappa shape index (κ3) is 17.8. The summed E-state index contributed by atoms with van der Waals surface area (Å²) in [6, 6.07) is 11.4. The Morgan fingerprint density at radius 2 is 1.19 bits per heavy atom. The van der Waals surface area contributed by atoms with Crippen LogP contribution in [0.2, 0.25) is 5.28 Å². The summed E-state index contributed by atoms with van der Waals surface area (Å²) >= 11 is 5.72. The number of aromatic nitrogens is 4. The molecule has 2 aliphatic heterocycles. The van der Waals surface area contributed by atoms with Crippen molar-refractivity contribution >= 4 is 59.2 Å². The predicted octanol–water partition coefficient (Wildman–Crippen LogP) is -0.897.